The van der Waals surface area contributed by atoms with Gasteiger partial charge in [-0.05, 0) is 50.7 Å². The molecule has 7 nitrogen and oxygen atoms in total. The Bertz CT molecular complexity index is 1000. The topological polar surface area (TPSA) is 61.7 Å². The van der Waals surface area contributed by atoms with Crippen LogP contribution in [0.5, 0.6) is 0 Å². The molecule has 2 fully saturated rings. The highest BCUT2D eigenvalue weighted by Crippen LogP contribution is 2.33. The maximum atomic E-state index is 14.1. The van der Waals surface area contributed by atoms with Gasteiger partial charge in [0.1, 0.15) is 5.82 Å². The van der Waals surface area contributed by atoms with Crippen molar-refractivity contribution in [3.63, 3.8) is 0 Å². The van der Waals surface area contributed by atoms with E-state index in [0.717, 1.165) is 12.8 Å². The highest BCUT2D eigenvalue weighted by molar-refractivity contribution is 7.73. The van der Waals surface area contributed by atoms with E-state index in [1.54, 1.807) is 27.8 Å². The second-order valence-electron chi connectivity index (χ2n) is 7.41. The number of hydrogen-bond acceptors (Lipinski definition) is 6. The minimum Gasteiger partial charge on any atom is -0.308 e. The third-order valence-electron chi connectivity index (χ3n) is 5.26. The predicted octanol–water partition coefficient (Wildman–Crippen LogP) is 3.02. The summed E-state index contributed by atoms with van der Waals surface area (Å²) in [5, 5.41) is 5.13. The van der Waals surface area contributed by atoms with Crippen molar-refractivity contribution < 1.29 is 14.0 Å². The lowest BCUT2D eigenvalue weighted by molar-refractivity contribution is -0.121. The van der Waals surface area contributed by atoms with Gasteiger partial charge in [0.2, 0.25) is 16.9 Å². The highest BCUT2D eigenvalue weighted by Gasteiger charge is 2.37. The number of likely N-dealkylation sites (N-methyl/N-ethyl adjacent to an activating group) is 1. The normalized spacial score (nSPS) is 19.2. The van der Waals surface area contributed by atoms with E-state index >= 15 is 0 Å². The summed E-state index contributed by atoms with van der Waals surface area (Å²) in [5.74, 6) is -0.578. The molecule has 29 heavy (non-hydrogen) atoms. The van der Waals surface area contributed by atoms with E-state index in [4.69, 9.17) is 12.2 Å². The molecule has 2 aromatic rings. The van der Waals surface area contributed by atoms with E-state index in [-0.39, 0.29) is 23.9 Å². The van der Waals surface area contributed by atoms with Gasteiger partial charge in [0.05, 0.1) is 18.4 Å². The first-order valence-electron chi connectivity index (χ1n) is 9.50. The molecular formula is C19H22FN5O2S2. The summed E-state index contributed by atoms with van der Waals surface area (Å²) in [6.07, 6.45) is 2.55. The Morgan fingerprint density at radius 3 is 2.72 bits per heavy atom. The standard InChI is InChI=1S/C19H22FN5O2S2/c1-12(26)25(13-7-8-13)18-21-24(19(28)29-18)11-22(2)16-9-10-23(17(16)27)15-6-4-3-5-14(15)20/h3-6,13,16H,7-11H2,1-2H3. The van der Waals surface area contributed by atoms with Gasteiger partial charge in [0.25, 0.3) is 0 Å². The summed E-state index contributed by atoms with van der Waals surface area (Å²) in [6.45, 7) is 2.32. The number of halogens is 1. The summed E-state index contributed by atoms with van der Waals surface area (Å²) in [7, 11) is 1.83. The fraction of sp³-hybridized carbons (Fsp3) is 0.474. The lowest BCUT2D eigenvalue weighted by atomic mass is 10.2. The molecule has 154 valence electrons. The largest absolute Gasteiger partial charge is 0.308 e. The number of aromatic nitrogens is 2. The van der Waals surface area contributed by atoms with Crippen LogP contribution in [0.25, 0.3) is 0 Å². The molecule has 0 spiro atoms. The van der Waals surface area contributed by atoms with Crippen LogP contribution in [0, 0.1) is 9.77 Å². The van der Waals surface area contributed by atoms with Crippen molar-refractivity contribution in [2.45, 2.75) is 44.9 Å². The zero-order valence-electron chi connectivity index (χ0n) is 16.2. The molecule has 1 aromatic carbocycles. The Labute approximate surface area is 177 Å². The van der Waals surface area contributed by atoms with Gasteiger partial charge in [-0.3, -0.25) is 19.4 Å². The number of hydrogen-bond donors (Lipinski definition) is 0. The van der Waals surface area contributed by atoms with Gasteiger partial charge in [0.15, 0.2) is 3.95 Å². The molecule has 0 bridgehead atoms. The van der Waals surface area contributed by atoms with Gasteiger partial charge < -0.3 is 4.90 Å². The third-order valence-corrected chi connectivity index (χ3v) is 6.57. The first-order valence-corrected chi connectivity index (χ1v) is 10.7. The van der Waals surface area contributed by atoms with Crippen LogP contribution >= 0.6 is 23.6 Å². The van der Waals surface area contributed by atoms with Crippen molar-refractivity contribution in [1.29, 1.82) is 0 Å². The van der Waals surface area contributed by atoms with Gasteiger partial charge in [0, 0.05) is 19.5 Å². The fourth-order valence-corrected chi connectivity index (χ4v) is 4.85. The smallest absolute Gasteiger partial charge is 0.244 e. The second kappa shape index (κ2) is 7.92. The monoisotopic (exact) mass is 435 g/mol. The molecule has 4 rings (SSSR count). The Morgan fingerprint density at radius 1 is 1.34 bits per heavy atom. The van der Waals surface area contributed by atoms with E-state index in [1.807, 2.05) is 11.9 Å². The zero-order valence-corrected chi connectivity index (χ0v) is 17.9. The fourth-order valence-electron chi connectivity index (χ4n) is 3.66. The van der Waals surface area contributed by atoms with Crippen LogP contribution in [0.2, 0.25) is 0 Å². The molecule has 0 N–H and O–H groups in total. The second-order valence-corrected chi connectivity index (χ2v) is 9.02. The van der Waals surface area contributed by atoms with Crippen molar-refractivity contribution in [3.8, 4) is 0 Å². The van der Waals surface area contributed by atoms with Crippen LogP contribution in [-0.4, -0.2) is 52.2 Å². The quantitative estimate of drug-likeness (QED) is 0.653. The van der Waals surface area contributed by atoms with E-state index in [2.05, 4.69) is 5.10 Å². The van der Waals surface area contributed by atoms with Crippen LogP contribution in [0.15, 0.2) is 24.3 Å². The van der Waals surface area contributed by atoms with Crippen molar-refractivity contribution >= 4 is 46.2 Å². The number of benzene rings is 1. The Kier molecular flexibility index (Phi) is 5.50. The van der Waals surface area contributed by atoms with Crippen LogP contribution in [0.1, 0.15) is 26.2 Å². The molecule has 1 saturated carbocycles. The van der Waals surface area contributed by atoms with E-state index in [9.17, 15) is 14.0 Å². The van der Waals surface area contributed by atoms with Crippen molar-refractivity contribution in [2.75, 3.05) is 23.4 Å². The first kappa shape index (κ1) is 20.1. The molecule has 1 aromatic heterocycles. The third kappa shape index (κ3) is 3.96. The van der Waals surface area contributed by atoms with Crippen LogP contribution in [0.4, 0.5) is 15.2 Å². The Morgan fingerprint density at radius 2 is 2.07 bits per heavy atom. The number of rotatable bonds is 6. The zero-order chi connectivity index (χ0) is 20.7. The molecule has 2 aliphatic rings. The van der Waals surface area contributed by atoms with E-state index < -0.39 is 5.82 Å². The number of nitrogens with zero attached hydrogens (tertiary/aromatic N) is 5. The minimum absolute atomic E-state index is 0.0387. The summed E-state index contributed by atoms with van der Waals surface area (Å²) in [6, 6.07) is 6.14. The number of carbonyl (C=O) groups excluding carboxylic acids is 2. The molecule has 1 saturated heterocycles. The van der Waals surface area contributed by atoms with Crippen LogP contribution in [-0.2, 0) is 16.3 Å². The maximum Gasteiger partial charge on any atom is 0.244 e. The maximum absolute atomic E-state index is 14.1. The lowest BCUT2D eigenvalue weighted by Gasteiger charge is -2.23. The van der Waals surface area contributed by atoms with Crippen molar-refractivity contribution in [1.82, 2.24) is 14.7 Å². The minimum atomic E-state index is -0.403. The summed E-state index contributed by atoms with van der Waals surface area (Å²) in [4.78, 5) is 29.9. The predicted molar refractivity (Wildman–Crippen MR) is 112 cm³/mol. The van der Waals surface area contributed by atoms with Gasteiger partial charge in [-0.1, -0.05) is 23.5 Å². The average Bonchev–Trinajstić information content (AvgIpc) is 3.33. The van der Waals surface area contributed by atoms with E-state index in [0.29, 0.717) is 34.4 Å². The van der Waals surface area contributed by atoms with Crippen LogP contribution in [0.3, 0.4) is 0 Å². The average molecular weight is 436 g/mol. The van der Waals surface area contributed by atoms with Crippen molar-refractivity contribution in [3.05, 3.63) is 34.0 Å². The molecule has 0 radical (unpaired) electrons. The SMILES string of the molecule is CC(=O)N(c1nn(CN(C)C2CCN(c3ccccc3F)C2=O)c(=S)s1)C1CC1. The highest BCUT2D eigenvalue weighted by atomic mass is 32.1. The van der Waals surface area contributed by atoms with Crippen LogP contribution < -0.4 is 9.80 Å². The Hall–Kier alpha value is -2.17. The molecule has 1 aliphatic heterocycles. The number of para-hydroxylation sites is 1. The summed E-state index contributed by atoms with van der Waals surface area (Å²) in [5.41, 5.74) is 0.308. The van der Waals surface area contributed by atoms with Crippen molar-refractivity contribution in [2.24, 2.45) is 0 Å². The number of amides is 2. The first-order chi connectivity index (χ1) is 13.9. The molecule has 1 unspecified atom stereocenters. The Balaban J connectivity index is 1.48. The van der Waals surface area contributed by atoms with E-state index in [1.165, 1.54) is 29.2 Å². The van der Waals surface area contributed by atoms with Gasteiger partial charge in [-0.25, -0.2) is 9.07 Å². The van der Waals surface area contributed by atoms with Gasteiger partial charge >= 0.3 is 0 Å². The number of anilines is 2. The van der Waals surface area contributed by atoms with Gasteiger partial charge in [-0.15, -0.1) is 5.10 Å². The molecule has 2 heterocycles. The van der Waals surface area contributed by atoms with Gasteiger partial charge in [-0.2, -0.15) is 0 Å². The molecule has 2 amide bonds. The summed E-state index contributed by atoms with van der Waals surface area (Å²) < 4.78 is 16.3. The molecule has 1 atom stereocenters. The molecule has 10 heteroatoms. The molecule has 1 aliphatic carbocycles. The molecular weight excluding hydrogens is 413 g/mol. The lowest BCUT2D eigenvalue weighted by Crippen LogP contribution is -2.41. The number of carbonyl (C=O) groups is 2. The summed E-state index contributed by atoms with van der Waals surface area (Å²) >= 11 is 6.74.